The summed E-state index contributed by atoms with van der Waals surface area (Å²) in [6.45, 7) is 3.43. The van der Waals surface area contributed by atoms with Crippen molar-refractivity contribution in [2.45, 2.75) is 11.2 Å². The highest BCUT2D eigenvalue weighted by molar-refractivity contribution is 7.99. The van der Waals surface area contributed by atoms with E-state index in [1.54, 1.807) is 18.5 Å². The lowest BCUT2D eigenvalue weighted by Crippen LogP contribution is -3.15. The summed E-state index contributed by atoms with van der Waals surface area (Å²) in [4.78, 5) is 24.5. The number of nitrogens with one attached hydrogen (secondary N) is 1. The molecule has 2 heterocycles. The number of thioether (sulfide) groups is 1. The van der Waals surface area contributed by atoms with Gasteiger partial charge in [-0.1, -0.05) is 72.4 Å². The second-order valence-electron chi connectivity index (χ2n) is 7.11. The zero-order chi connectivity index (χ0) is 19.9. The van der Waals surface area contributed by atoms with Crippen LogP contribution in [0.4, 0.5) is 0 Å². The van der Waals surface area contributed by atoms with E-state index < -0.39 is 0 Å². The second kappa shape index (κ2) is 9.67. The number of nitrogens with zero attached hydrogens (tertiary/aromatic N) is 3. The molecule has 0 aliphatic carbocycles. The first-order chi connectivity index (χ1) is 14.3. The SMILES string of the molecule is O=C(CSc1ncccn1)N1CC[NH+](C(c2ccccc2)c2ccccc2)CC1. The summed E-state index contributed by atoms with van der Waals surface area (Å²) in [6, 6.07) is 23.4. The molecule has 6 heteroatoms. The van der Waals surface area contributed by atoms with Gasteiger partial charge in [-0.05, 0) is 6.07 Å². The first kappa shape index (κ1) is 19.6. The maximum absolute atomic E-state index is 12.6. The maximum Gasteiger partial charge on any atom is 0.233 e. The fourth-order valence-electron chi connectivity index (χ4n) is 3.86. The van der Waals surface area contributed by atoms with Gasteiger partial charge >= 0.3 is 0 Å². The molecule has 2 aromatic carbocycles. The minimum absolute atomic E-state index is 0.164. The molecule has 0 radical (unpaired) electrons. The van der Waals surface area contributed by atoms with Crippen molar-refractivity contribution >= 4 is 17.7 Å². The molecule has 0 unspecified atom stereocenters. The molecule has 3 aromatic rings. The first-order valence-electron chi connectivity index (χ1n) is 9.93. The number of carbonyl (C=O) groups is 1. The number of amides is 1. The number of aromatic nitrogens is 2. The van der Waals surface area contributed by atoms with Crippen molar-refractivity contribution < 1.29 is 9.69 Å². The fraction of sp³-hybridized carbons (Fsp3) is 0.261. The van der Waals surface area contributed by atoms with Crippen LogP contribution in [0.2, 0.25) is 0 Å². The largest absolute Gasteiger partial charge is 0.331 e. The van der Waals surface area contributed by atoms with Crippen LogP contribution >= 0.6 is 11.8 Å². The number of hydrogen-bond donors (Lipinski definition) is 1. The number of hydrogen-bond acceptors (Lipinski definition) is 4. The maximum atomic E-state index is 12.6. The topological polar surface area (TPSA) is 50.5 Å². The van der Waals surface area contributed by atoms with Crippen LogP contribution in [0.25, 0.3) is 0 Å². The molecule has 0 saturated carbocycles. The van der Waals surface area contributed by atoms with Crippen LogP contribution in [-0.4, -0.2) is 52.7 Å². The number of carbonyl (C=O) groups excluding carboxylic acids is 1. The van der Waals surface area contributed by atoms with E-state index >= 15 is 0 Å². The standard InChI is InChI=1S/C23H24N4OS/c28-21(18-29-23-24-12-7-13-25-23)26-14-16-27(17-15-26)22(19-8-3-1-4-9-19)20-10-5-2-6-11-20/h1-13,22H,14-18H2/p+1. The van der Waals surface area contributed by atoms with Crippen molar-refractivity contribution in [2.75, 3.05) is 31.9 Å². The zero-order valence-electron chi connectivity index (χ0n) is 16.3. The smallest absolute Gasteiger partial charge is 0.233 e. The van der Waals surface area contributed by atoms with Gasteiger partial charge in [0.1, 0.15) is 6.04 Å². The van der Waals surface area contributed by atoms with Gasteiger partial charge in [0, 0.05) is 23.5 Å². The molecule has 1 aliphatic heterocycles. The lowest BCUT2D eigenvalue weighted by atomic mass is 9.96. The third kappa shape index (κ3) is 5.02. The zero-order valence-corrected chi connectivity index (χ0v) is 17.1. The Morgan fingerprint density at radius 3 is 2.00 bits per heavy atom. The molecule has 148 valence electrons. The summed E-state index contributed by atoms with van der Waals surface area (Å²) in [5, 5.41) is 0.651. The molecular weight excluding hydrogens is 380 g/mol. The van der Waals surface area contributed by atoms with E-state index in [-0.39, 0.29) is 5.91 Å². The predicted molar refractivity (Wildman–Crippen MR) is 115 cm³/mol. The van der Waals surface area contributed by atoms with Gasteiger partial charge in [0.25, 0.3) is 0 Å². The Hall–Kier alpha value is -2.70. The molecular formula is C23H25N4OS+. The summed E-state index contributed by atoms with van der Waals surface area (Å²) in [5.74, 6) is 0.553. The van der Waals surface area contributed by atoms with Crippen LogP contribution in [0.15, 0.2) is 84.3 Å². The van der Waals surface area contributed by atoms with Crippen molar-refractivity contribution in [3.8, 4) is 0 Å². The summed E-state index contributed by atoms with van der Waals surface area (Å²) in [7, 11) is 0. The summed E-state index contributed by atoms with van der Waals surface area (Å²) >= 11 is 1.40. The van der Waals surface area contributed by atoms with E-state index in [4.69, 9.17) is 0 Å². The Morgan fingerprint density at radius 2 is 1.45 bits per heavy atom. The van der Waals surface area contributed by atoms with Gasteiger partial charge in [-0.25, -0.2) is 9.97 Å². The molecule has 4 rings (SSSR count). The van der Waals surface area contributed by atoms with E-state index in [0.717, 1.165) is 26.2 Å². The highest BCUT2D eigenvalue weighted by Gasteiger charge is 2.31. The summed E-state index contributed by atoms with van der Waals surface area (Å²) in [6.07, 6.45) is 3.41. The van der Waals surface area contributed by atoms with Crippen LogP contribution in [0.5, 0.6) is 0 Å². The van der Waals surface area contributed by atoms with E-state index in [9.17, 15) is 4.79 Å². The summed E-state index contributed by atoms with van der Waals surface area (Å²) in [5.41, 5.74) is 2.65. The van der Waals surface area contributed by atoms with Gasteiger partial charge in [0.05, 0.1) is 31.9 Å². The minimum Gasteiger partial charge on any atom is -0.331 e. The molecule has 1 aliphatic rings. The average molecular weight is 406 g/mol. The van der Waals surface area contributed by atoms with E-state index in [0.29, 0.717) is 17.0 Å². The van der Waals surface area contributed by atoms with Gasteiger partial charge in [0.2, 0.25) is 5.91 Å². The van der Waals surface area contributed by atoms with Gasteiger partial charge in [0.15, 0.2) is 5.16 Å². The Morgan fingerprint density at radius 1 is 0.897 bits per heavy atom. The molecule has 1 aromatic heterocycles. The monoisotopic (exact) mass is 405 g/mol. The quantitative estimate of drug-likeness (QED) is 0.504. The number of rotatable bonds is 6. The molecule has 1 amide bonds. The number of benzene rings is 2. The minimum atomic E-state index is 0.164. The highest BCUT2D eigenvalue weighted by Crippen LogP contribution is 2.19. The Bertz CT molecular complexity index is 860. The van der Waals surface area contributed by atoms with Crippen LogP contribution in [0, 0.1) is 0 Å². The van der Waals surface area contributed by atoms with Gasteiger partial charge in [-0.2, -0.15) is 0 Å². The van der Waals surface area contributed by atoms with Gasteiger partial charge in [-0.3, -0.25) is 4.79 Å². The lowest BCUT2D eigenvalue weighted by molar-refractivity contribution is -0.929. The Labute approximate surface area is 175 Å². The third-order valence-corrected chi connectivity index (χ3v) is 6.16. The van der Waals surface area contributed by atoms with E-state index in [2.05, 4.69) is 70.6 Å². The molecule has 1 fully saturated rings. The first-order valence-corrected chi connectivity index (χ1v) is 10.9. The molecule has 0 spiro atoms. The Balaban J connectivity index is 1.40. The number of piperazine rings is 1. The van der Waals surface area contributed by atoms with Gasteiger partial charge in [-0.15, -0.1) is 0 Å². The highest BCUT2D eigenvalue weighted by atomic mass is 32.2. The average Bonchev–Trinajstić information content (AvgIpc) is 2.80. The van der Waals surface area contributed by atoms with Crippen molar-refractivity contribution in [3.63, 3.8) is 0 Å². The molecule has 29 heavy (non-hydrogen) atoms. The normalized spacial score (nSPS) is 14.9. The van der Waals surface area contributed by atoms with Crippen molar-refractivity contribution in [2.24, 2.45) is 0 Å². The van der Waals surface area contributed by atoms with Crippen LogP contribution in [-0.2, 0) is 4.79 Å². The predicted octanol–water partition coefficient (Wildman–Crippen LogP) is 2.09. The van der Waals surface area contributed by atoms with Crippen LogP contribution < -0.4 is 4.90 Å². The number of quaternary nitrogens is 1. The third-order valence-electron chi connectivity index (χ3n) is 5.30. The summed E-state index contributed by atoms with van der Waals surface area (Å²) < 4.78 is 0. The van der Waals surface area contributed by atoms with Gasteiger partial charge < -0.3 is 9.80 Å². The van der Waals surface area contributed by atoms with Crippen LogP contribution in [0.3, 0.4) is 0 Å². The lowest BCUT2D eigenvalue weighted by Gasteiger charge is -2.37. The van der Waals surface area contributed by atoms with Crippen molar-refractivity contribution in [1.29, 1.82) is 0 Å². The molecule has 0 atom stereocenters. The Kier molecular flexibility index (Phi) is 6.54. The van der Waals surface area contributed by atoms with E-state index in [1.807, 2.05) is 4.90 Å². The van der Waals surface area contributed by atoms with Crippen molar-refractivity contribution in [3.05, 3.63) is 90.3 Å². The van der Waals surface area contributed by atoms with Crippen LogP contribution in [0.1, 0.15) is 17.2 Å². The van der Waals surface area contributed by atoms with Crippen molar-refractivity contribution in [1.82, 2.24) is 14.9 Å². The molecule has 5 nitrogen and oxygen atoms in total. The van der Waals surface area contributed by atoms with E-state index in [1.165, 1.54) is 27.8 Å². The molecule has 1 saturated heterocycles. The second-order valence-corrected chi connectivity index (χ2v) is 8.06. The fourth-order valence-corrected chi connectivity index (χ4v) is 4.57. The molecule has 1 N–H and O–H groups in total. The molecule has 0 bridgehead atoms.